The molecule has 44 heavy (non-hydrogen) atoms. The number of nitrogens with one attached hydrogen (secondary N) is 2. The van der Waals surface area contributed by atoms with E-state index in [9.17, 15) is 9.59 Å². The van der Waals surface area contributed by atoms with Crippen molar-refractivity contribution < 1.29 is 14.3 Å². The average Bonchev–Trinajstić information content (AvgIpc) is 3.45. The summed E-state index contributed by atoms with van der Waals surface area (Å²) >= 11 is 5.69. The second-order valence-electron chi connectivity index (χ2n) is 12.0. The molecule has 3 aromatic rings. The van der Waals surface area contributed by atoms with Gasteiger partial charge in [-0.05, 0) is 60.5 Å². The Morgan fingerprint density at radius 3 is 2.25 bits per heavy atom. The molecule has 2 saturated heterocycles. The molecule has 3 fully saturated rings. The van der Waals surface area contributed by atoms with Gasteiger partial charge in [0.25, 0.3) is 0 Å². The molecule has 2 amide bonds. The predicted octanol–water partition coefficient (Wildman–Crippen LogP) is 5.12. The molecule has 230 valence electrons. The van der Waals surface area contributed by atoms with Gasteiger partial charge in [0.05, 0.1) is 25.8 Å². The van der Waals surface area contributed by atoms with Gasteiger partial charge in [0.15, 0.2) is 5.11 Å². The molecule has 9 heteroatoms. The fourth-order valence-electron chi connectivity index (χ4n) is 6.67. The lowest BCUT2D eigenvalue weighted by Gasteiger charge is -2.45. The lowest BCUT2D eigenvalue weighted by atomic mass is 9.78. The number of anilines is 2. The number of hydrogen-bond acceptors (Lipinski definition) is 5. The van der Waals surface area contributed by atoms with Gasteiger partial charge in [-0.3, -0.25) is 9.59 Å². The first-order valence-corrected chi connectivity index (χ1v) is 16.1. The zero-order valence-electron chi connectivity index (χ0n) is 25.1. The Morgan fingerprint density at radius 2 is 1.57 bits per heavy atom. The van der Waals surface area contributed by atoms with Gasteiger partial charge in [0, 0.05) is 37.6 Å². The van der Waals surface area contributed by atoms with Crippen molar-refractivity contribution in [3.05, 3.63) is 96.1 Å². The van der Waals surface area contributed by atoms with Crippen molar-refractivity contribution in [1.29, 1.82) is 0 Å². The van der Waals surface area contributed by atoms with Crippen LogP contribution in [0.15, 0.2) is 84.9 Å². The van der Waals surface area contributed by atoms with Crippen LogP contribution in [-0.4, -0.2) is 71.7 Å². The molecule has 0 spiro atoms. The highest BCUT2D eigenvalue weighted by Crippen LogP contribution is 2.37. The first-order valence-electron chi connectivity index (χ1n) is 15.7. The van der Waals surface area contributed by atoms with Crippen molar-refractivity contribution in [1.82, 2.24) is 15.1 Å². The van der Waals surface area contributed by atoms with E-state index < -0.39 is 5.54 Å². The topological polar surface area (TPSA) is 77.2 Å². The summed E-state index contributed by atoms with van der Waals surface area (Å²) in [6, 6.07) is 28.2. The van der Waals surface area contributed by atoms with Gasteiger partial charge >= 0.3 is 0 Å². The Kier molecular flexibility index (Phi) is 9.43. The van der Waals surface area contributed by atoms with Gasteiger partial charge in [-0.1, -0.05) is 79.9 Å². The SMILES string of the molecule is O=C(CN1CC(c2ccccc2)NC1=S)N(Cc1ccccc1)C1(C(=O)Nc2ccc(N3CCOCC3)cc2)CCCCC1. The van der Waals surface area contributed by atoms with Crippen molar-refractivity contribution in [2.75, 3.05) is 49.6 Å². The number of amides is 2. The highest BCUT2D eigenvalue weighted by atomic mass is 32.1. The van der Waals surface area contributed by atoms with Crippen LogP contribution in [0.2, 0.25) is 0 Å². The average molecular weight is 612 g/mol. The first-order chi connectivity index (χ1) is 21.5. The molecule has 3 aliphatic rings. The van der Waals surface area contributed by atoms with Crippen LogP contribution in [0.4, 0.5) is 11.4 Å². The smallest absolute Gasteiger partial charge is 0.250 e. The zero-order chi connectivity index (χ0) is 30.4. The lowest BCUT2D eigenvalue weighted by molar-refractivity contribution is -0.149. The summed E-state index contributed by atoms with van der Waals surface area (Å²) in [6.45, 7) is 4.22. The Morgan fingerprint density at radius 1 is 0.909 bits per heavy atom. The monoisotopic (exact) mass is 611 g/mol. The summed E-state index contributed by atoms with van der Waals surface area (Å²) in [5.74, 6) is -0.212. The van der Waals surface area contributed by atoms with Crippen LogP contribution in [0, 0.1) is 0 Å². The van der Waals surface area contributed by atoms with Crippen molar-refractivity contribution in [3.63, 3.8) is 0 Å². The highest BCUT2D eigenvalue weighted by molar-refractivity contribution is 7.80. The van der Waals surface area contributed by atoms with Gasteiger partial charge in [-0.25, -0.2) is 0 Å². The number of benzene rings is 3. The van der Waals surface area contributed by atoms with Gasteiger partial charge in [0.2, 0.25) is 11.8 Å². The van der Waals surface area contributed by atoms with E-state index in [0.717, 1.165) is 68.1 Å². The third kappa shape index (κ3) is 6.74. The zero-order valence-corrected chi connectivity index (χ0v) is 25.9. The van der Waals surface area contributed by atoms with Crippen molar-refractivity contribution in [2.24, 2.45) is 0 Å². The van der Waals surface area contributed by atoms with Gasteiger partial charge in [-0.15, -0.1) is 0 Å². The first kappa shape index (κ1) is 30.1. The minimum Gasteiger partial charge on any atom is -0.378 e. The summed E-state index contributed by atoms with van der Waals surface area (Å²) < 4.78 is 5.49. The lowest BCUT2D eigenvalue weighted by Crippen LogP contribution is -2.61. The number of nitrogens with zero attached hydrogens (tertiary/aromatic N) is 3. The minimum absolute atomic E-state index is 0.0199. The summed E-state index contributed by atoms with van der Waals surface area (Å²) in [4.78, 5) is 34.8. The second-order valence-corrected chi connectivity index (χ2v) is 12.3. The van der Waals surface area contributed by atoms with Gasteiger partial charge in [0.1, 0.15) is 5.54 Å². The normalized spacial score (nSPS) is 19.7. The molecule has 0 bridgehead atoms. The summed E-state index contributed by atoms with van der Waals surface area (Å²) in [7, 11) is 0. The molecule has 1 aliphatic carbocycles. The summed E-state index contributed by atoms with van der Waals surface area (Å²) in [5, 5.41) is 7.16. The van der Waals surface area contributed by atoms with Crippen molar-refractivity contribution in [2.45, 2.75) is 50.2 Å². The summed E-state index contributed by atoms with van der Waals surface area (Å²) in [5.41, 5.74) is 3.02. The predicted molar refractivity (Wildman–Crippen MR) is 177 cm³/mol. The number of carbonyl (C=O) groups is 2. The standard InChI is InChI=1S/C35H41N5O3S/c41-32(26-39-25-31(37-34(39)44)28-12-6-2-7-13-28)40(24-27-10-4-1-5-11-27)35(18-8-3-9-19-35)33(42)36-29-14-16-30(17-15-29)38-20-22-43-23-21-38/h1-2,4-7,10-17,31H,3,8-9,18-26H2,(H,36,42)(H,37,44). The number of rotatable bonds is 9. The van der Waals surface area contributed by atoms with Crippen LogP contribution < -0.4 is 15.5 Å². The van der Waals surface area contributed by atoms with E-state index >= 15 is 0 Å². The fraction of sp³-hybridized carbons (Fsp3) is 0.400. The van der Waals surface area contributed by atoms with Crippen molar-refractivity contribution >= 4 is 40.5 Å². The Hall–Kier alpha value is -3.95. The third-order valence-electron chi connectivity index (χ3n) is 9.12. The molecule has 6 rings (SSSR count). The highest BCUT2D eigenvalue weighted by Gasteiger charge is 2.47. The molecule has 1 atom stereocenters. The minimum atomic E-state index is -0.957. The Balaban J connectivity index is 1.24. The largest absolute Gasteiger partial charge is 0.378 e. The van der Waals surface area contributed by atoms with E-state index in [2.05, 4.69) is 27.7 Å². The van der Waals surface area contributed by atoms with E-state index in [0.29, 0.717) is 31.0 Å². The summed E-state index contributed by atoms with van der Waals surface area (Å²) in [6.07, 6.45) is 4.08. The molecular formula is C35H41N5O3S. The Labute approximate surface area is 265 Å². The van der Waals surface area contributed by atoms with E-state index in [1.807, 2.05) is 82.6 Å². The van der Waals surface area contributed by atoms with Crippen LogP contribution in [0.1, 0.15) is 49.3 Å². The molecule has 1 unspecified atom stereocenters. The fourth-order valence-corrected chi connectivity index (χ4v) is 6.95. The van der Waals surface area contributed by atoms with Crippen LogP contribution in [0.3, 0.4) is 0 Å². The van der Waals surface area contributed by atoms with E-state index in [1.165, 1.54) is 0 Å². The van der Waals surface area contributed by atoms with Crippen LogP contribution in [-0.2, 0) is 20.9 Å². The van der Waals surface area contributed by atoms with Gasteiger partial charge < -0.3 is 30.1 Å². The molecular weight excluding hydrogens is 570 g/mol. The maximum atomic E-state index is 14.4. The van der Waals surface area contributed by atoms with Crippen LogP contribution in [0.25, 0.3) is 0 Å². The maximum absolute atomic E-state index is 14.4. The molecule has 0 aromatic heterocycles. The van der Waals surface area contributed by atoms with Gasteiger partial charge in [-0.2, -0.15) is 0 Å². The molecule has 2 heterocycles. The number of hydrogen-bond donors (Lipinski definition) is 2. The quantitative estimate of drug-likeness (QED) is 0.325. The molecule has 1 saturated carbocycles. The number of morpholine rings is 1. The number of ether oxygens (including phenoxy) is 1. The third-order valence-corrected chi connectivity index (χ3v) is 9.50. The van der Waals surface area contributed by atoms with E-state index in [1.54, 1.807) is 0 Å². The maximum Gasteiger partial charge on any atom is 0.250 e. The molecule has 2 aliphatic heterocycles. The molecule has 8 nitrogen and oxygen atoms in total. The molecule has 2 N–H and O–H groups in total. The second kappa shape index (κ2) is 13.8. The Bertz CT molecular complexity index is 1420. The van der Waals surface area contributed by atoms with Crippen LogP contribution >= 0.6 is 12.2 Å². The number of thiocarbonyl (C=S) groups is 1. The van der Waals surface area contributed by atoms with E-state index in [4.69, 9.17) is 17.0 Å². The number of carbonyl (C=O) groups excluding carboxylic acids is 2. The van der Waals surface area contributed by atoms with Crippen molar-refractivity contribution in [3.8, 4) is 0 Å². The molecule has 3 aromatic carbocycles. The molecule has 0 radical (unpaired) electrons. The van der Waals surface area contributed by atoms with E-state index in [-0.39, 0.29) is 24.4 Å². The van der Waals surface area contributed by atoms with Crippen LogP contribution in [0.5, 0.6) is 0 Å².